The number of carbonyl (C=O) groups is 1. The molecule has 0 aliphatic carbocycles. The second-order valence-electron chi connectivity index (χ2n) is 4.45. The number of benzene rings is 2. The molecule has 0 saturated carbocycles. The monoisotopic (exact) mass is 301 g/mol. The molecule has 0 bridgehead atoms. The molecule has 0 aliphatic heterocycles. The molecule has 0 spiro atoms. The Labute approximate surface area is 129 Å². The van der Waals surface area contributed by atoms with Gasteiger partial charge in [-0.1, -0.05) is 66.7 Å². The molecule has 0 aromatic heterocycles. The van der Waals surface area contributed by atoms with Crippen molar-refractivity contribution >= 4 is 28.3 Å². The van der Waals surface area contributed by atoms with Gasteiger partial charge in [0.1, 0.15) is 13.2 Å². The third kappa shape index (κ3) is 4.65. The fraction of sp³-hybridized carbons (Fsp3) is 0.118. The molecule has 0 heterocycles. The SMILES string of the molecule is C=C(Cl)c1ccccc1NCC(=O)OCc1ccccc1. The van der Waals surface area contributed by atoms with Gasteiger partial charge in [-0.15, -0.1) is 0 Å². The lowest BCUT2D eigenvalue weighted by Gasteiger charge is -2.11. The average Bonchev–Trinajstić information content (AvgIpc) is 2.52. The van der Waals surface area contributed by atoms with Crippen molar-refractivity contribution in [1.82, 2.24) is 0 Å². The Morgan fingerprint density at radius 3 is 2.48 bits per heavy atom. The van der Waals surface area contributed by atoms with Gasteiger partial charge in [-0.2, -0.15) is 0 Å². The zero-order valence-electron chi connectivity index (χ0n) is 11.5. The lowest BCUT2D eigenvalue weighted by molar-refractivity contribution is -0.142. The van der Waals surface area contributed by atoms with E-state index in [1.165, 1.54) is 0 Å². The largest absolute Gasteiger partial charge is 0.460 e. The first-order valence-corrected chi connectivity index (χ1v) is 6.92. The standard InChI is InChI=1S/C17H16ClNO2/c1-13(18)15-9-5-6-10-16(15)19-11-17(20)21-12-14-7-3-2-4-8-14/h2-10,19H,1,11-12H2. The summed E-state index contributed by atoms with van der Waals surface area (Å²) in [5, 5.41) is 3.44. The van der Waals surface area contributed by atoms with E-state index in [2.05, 4.69) is 11.9 Å². The summed E-state index contributed by atoms with van der Waals surface area (Å²) in [5.41, 5.74) is 2.49. The molecule has 0 amide bonds. The topological polar surface area (TPSA) is 38.3 Å². The Hall–Kier alpha value is -2.26. The van der Waals surface area contributed by atoms with Crippen LogP contribution in [0.2, 0.25) is 0 Å². The van der Waals surface area contributed by atoms with Crippen molar-refractivity contribution in [3.8, 4) is 0 Å². The van der Waals surface area contributed by atoms with Crippen molar-refractivity contribution in [2.75, 3.05) is 11.9 Å². The fourth-order valence-electron chi connectivity index (χ4n) is 1.83. The van der Waals surface area contributed by atoms with Gasteiger partial charge in [0.2, 0.25) is 0 Å². The van der Waals surface area contributed by atoms with Gasteiger partial charge < -0.3 is 10.1 Å². The van der Waals surface area contributed by atoms with E-state index in [1.807, 2.05) is 54.6 Å². The van der Waals surface area contributed by atoms with Gasteiger partial charge in [0.15, 0.2) is 0 Å². The van der Waals surface area contributed by atoms with Crippen molar-refractivity contribution in [2.45, 2.75) is 6.61 Å². The van der Waals surface area contributed by atoms with Crippen LogP contribution in [0.1, 0.15) is 11.1 Å². The Morgan fingerprint density at radius 1 is 1.10 bits per heavy atom. The van der Waals surface area contributed by atoms with Crippen LogP contribution in [-0.2, 0) is 16.1 Å². The molecule has 0 unspecified atom stereocenters. The predicted molar refractivity (Wildman–Crippen MR) is 86.1 cm³/mol. The van der Waals surface area contributed by atoms with Gasteiger partial charge >= 0.3 is 5.97 Å². The van der Waals surface area contributed by atoms with Gasteiger partial charge in [0.05, 0.1) is 0 Å². The van der Waals surface area contributed by atoms with Crippen LogP contribution in [0.25, 0.3) is 5.03 Å². The molecule has 2 aromatic carbocycles. The highest BCUT2D eigenvalue weighted by Crippen LogP contribution is 2.24. The summed E-state index contributed by atoms with van der Waals surface area (Å²) in [5.74, 6) is -0.325. The van der Waals surface area contributed by atoms with Crippen LogP contribution < -0.4 is 5.32 Å². The number of carbonyl (C=O) groups excluding carboxylic acids is 1. The third-order valence-corrected chi connectivity index (χ3v) is 3.09. The van der Waals surface area contributed by atoms with E-state index in [0.717, 1.165) is 16.8 Å². The number of rotatable bonds is 6. The normalized spacial score (nSPS) is 9.95. The minimum Gasteiger partial charge on any atom is -0.460 e. The molecular weight excluding hydrogens is 286 g/mol. The quantitative estimate of drug-likeness (QED) is 0.818. The van der Waals surface area contributed by atoms with Crippen LogP contribution in [-0.4, -0.2) is 12.5 Å². The highest BCUT2D eigenvalue weighted by atomic mass is 35.5. The number of esters is 1. The van der Waals surface area contributed by atoms with E-state index in [1.54, 1.807) is 0 Å². The highest BCUT2D eigenvalue weighted by Gasteiger charge is 2.07. The molecule has 3 nitrogen and oxygen atoms in total. The zero-order chi connectivity index (χ0) is 15.1. The Bertz CT molecular complexity index is 626. The molecule has 2 rings (SSSR count). The third-order valence-electron chi connectivity index (χ3n) is 2.89. The van der Waals surface area contributed by atoms with Crippen LogP contribution in [0, 0.1) is 0 Å². The summed E-state index contributed by atoms with van der Waals surface area (Å²) < 4.78 is 5.19. The second-order valence-corrected chi connectivity index (χ2v) is 4.91. The van der Waals surface area contributed by atoms with Crippen LogP contribution in [0.3, 0.4) is 0 Å². The maximum absolute atomic E-state index is 11.7. The van der Waals surface area contributed by atoms with Gasteiger partial charge in [-0.05, 0) is 11.6 Å². The van der Waals surface area contributed by atoms with Crippen molar-refractivity contribution in [1.29, 1.82) is 0 Å². The summed E-state index contributed by atoms with van der Waals surface area (Å²) in [4.78, 5) is 11.7. The number of nitrogens with one attached hydrogen (secondary N) is 1. The smallest absolute Gasteiger partial charge is 0.325 e. The summed E-state index contributed by atoms with van der Waals surface area (Å²) >= 11 is 5.91. The molecule has 4 heteroatoms. The molecule has 0 radical (unpaired) electrons. The molecule has 21 heavy (non-hydrogen) atoms. The van der Waals surface area contributed by atoms with Gasteiger partial charge in [0, 0.05) is 16.3 Å². The summed E-state index contributed by atoms with van der Waals surface area (Å²) in [7, 11) is 0. The van der Waals surface area contributed by atoms with E-state index in [9.17, 15) is 4.79 Å². The Balaban J connectivity index is 1.86. The highest BCUT2D eigenvalue weighted by molar-refractivity contribution is 6.48. The molecular formula is C17H16ClNO2. The van der Waals surface area contributed by atoms with Gasteiger partial charge in [0.25, 0.3) is 0 Å². The summed E-state index contributed by atoms with van der Waals surface area (Å²) in [6.45, 7) is 4.04. The molecule has 0 fully saturated rings. The van der Waals surface area contributed by atoms with E-state index < -0.39 is 0 Å². The first-order chi connectivity index (χ1) is 10.2. The fourth-order valence-corrected chi connectivity index (χ4v) is 2.00. The molecule has 2 aromatic rings. The van der Waals surface area contributed by atoms with Gasteiger partial charge in [-0.25, -0.2) is 0 Å². The number of ether oxygens (including phenoxy) is 1. The molecule has 0 saturated heterocycles. The molecule has 0 aliphatic rings. The van der Waals surface area contributed by atoms with Crippen molar-refractivity contribution in [2.24, 2.45) is 0 Å². The molecule has 1 N–H and O–H groups in total. The number of halogens is 1. The molecule has 0 atom stereocenters. The van der Waals surface area contributed by atoms with E-state index in [4.69, 9.17) is 16.3 Å². The first-order valence-electron chi connectivity index (χ1n) is 6.54. The number of para-hydroxylation sites is 1. The van der Waals surface area contributed by atoms with Crippen molar-refractivity contribution in [3.05, 3.63) is 72.3 Å². The number of anilines is 1. The average molecular weight is 302 g/mol. The molecule has 108 valence electrons. The van der Waals surface area contributed by atoms with Crippen LogP contribution in [0.5, 0.6) is 0 Å². The van der Waals surface area contributed by atoms with Crippen molar-refractivity contribution in [3.63, 3.8) is 0 Å². The summed E-state index contributed by atoms with van der Waals surface area (Å²) in [6.07, 6.45) is 0. The maximum atomic E-state index is 11.7. The lowest BCUT2D eigenvalue weighted by atomic mass is 10.2. The first kappa shape index (κ1) is 15.1. The van der Waals surface area contributed by atoms with E-state index >= 15 is 0 Å². The second kappa shape index (κ2) is 7.50. The number of hydrogen-bond donors (Lipinski definition) is 1. The van der Waals surface area contributed by atoms with Gasteiger partial charge in [-0.3, -0.25) is 4.79 Å². The van der Waals surface area contributed by atoms with E-state index in [-0.39, 0.29) is 19.1 Å². The predicted octanol–water partition coefficient (Wildman–Crippen LogP) is 4.05. The Kier molecular flexibility index (Phi) is 5.41. The van der Waals surface area contributed by atoms with Crippen molar-refractivity contribution < 1.29 is 9.53 Å². The summed E-state index contributed by atoms with van der Waals surface area (Å²) in [6, 6.07) is 17.0. The lowest BCUT2D eigenvalue weighted by Crippen LogP contribution is -2.17. The maximum Gasteiger partial charge on any atom is 0.325 e. The van der Waals surface area contributed by atoms with Crippen LogP contribution in [0.4, 0.5) is 5.69 Å². The Morgan fingerprint density at radius 2 is 1.76 bits per heavy atom. The number of hydrogen-bond acceptors (Lipinski definition) is 3. The van der Waals surface area contributed by atoms with E-state index in [0.29, 0.717) is 5.03 Å². The minimum atomic E-state index is -0.325. The van der Waals surface area contributed by atoms with Crippen LogP contribution >= 0.6 is 11.6 Å². The van der Waals surface area contributed by atoms with Crippen LogP contribution in [0.15, 0.2) is 61.2 Å². The zero-order valence-corrected chi connectivity index (χ0v) is 12.3. The minimum absolute atomic E-state index is 0.0774.